The molecule has 4 unspecified atom stereocenters. The van der Waals surface area contributed by atoms with Gasteiger partial charge in [-0.1, -0.05) is 30.3 Å². The highest BCUT2D eigenvalue weighted by Gasteiger charge is 2.64. The van der Waals surface area contributed by atoms with Gasteiger partial charge in [-0.3, -0.25) is 29.2 Å². The number of phenolic OH excluding ortho intramolecular Hbond substituents is 1. The number of hydrogen-bond donors (Lipinski definition) is 6. The highest BCUT2D eigenvalue weighted by molar-refractivity contribution is 6.24. The predicted molar refractivity (Wildman–Crippen MR) is 156 cm³/mol. The van der Waals surface area contributed by atoms with Crippen LogP contribution in [0.2, 0.25) is 0 Å². The highest BCUT2D eigenvalue weighted by atomic mass is 16.3. The summed E-state index contributed by atoms with van der Waals surface area (Å²) >= 11 is 0. The van der Waals surface area contributed by atoms with E-state index in [4.69, 9.17) is 5.73 Å². The van der Waals surface area contributed by atoms with Gasteiger partial charge in [-0.2, -0.15) is 5.10 Å². The number of likely N-dealkylation sites (N-methyl/N-ethyl adjacent to an activating group) is 1. The first-order chi connectivity index (χ1) is 20.9. The molecule has 1 heterocycles. The molecule has 1 amide bonds. The van der Waals surface area contributed by atoms with Crippen LogP contribution < -0.4 is 5.73 Å². The number of carbonyl (C=O) groups is 4. The summed E-state index contributed by atoms with van der Waals surface area (Å²) in [5.41, 5.74) is 4.58. The van der Waals surface area contributed by atoms with Gasteiger partial charge in [-0.15, -0.1) is 0 Å². The van der Waals surface area contributed by atoms with Crippen LogP contribution in [0.25, 0.3) is 16.9 Å². The number of nitrogens with one attached hydrogen (secondary N) is 1. The number of aromatic hydroxyl groups is 1. The maximum Gasteiger partial charge on any atom is 0.255 e. The van der Waals surface area contributed by atoms with Crippen LogP contribution >= 0.6 is 0 Å². The van der Waals surface area contributed by atoms with Crippen molar-refractivity contribution in [1.29, 1.82) is 0 Å². The second-order valence-corrected chi connectivity index (χ2v) is 11.7. The SMILES string of the molecule is CN(C)C1C(=O)C(C(N)=O)=C(O)C2(O)C(=O)C3=C(O)c4c(O)ccc(-c5cccc(CC(=O)c6ccn[nH]6)c5)c4CC3CC12. The van der Waals surface area contributed by atoms with Gasteiger partial charge in [0.05, 0.1) is 11.6 Å². The molecule has 1 aromatic heterocycles. The van der Waals surface area contributed by atoms with Gasteiger partial charge >= 0.3 is 0 Å². The van der Waals surface area contributed by atoms with Crippen molar-refractivity contribution in [1.82, 2.24) is 15.1 Å². The molecule has 0 bridgehead atoms. The molecule has 0 aliphatic heterocycles. The van der Waals surface area contributed by atoms with Gasteiger partial charge in [0.1, 0.15) is 28.5 Å². The number of primary amides is 1. The van der Waals surface area contributed by atoms with Crippen LogP contribution in [0.5, 0.6) is 5.75 Å². The number of aromatic nitrogens is 2. The average Bonchev–Trinajstić information content (AvgIpc) is 3.50. The topological polar surface area (TPSA) is 207 Å². The van der Waals surface area contributed by atoms with Crippen molar-refractivity contribution in [2.75, 3.05) is 14.1 Å². The van der Waals surface area contributed by atoms with Crippen LogP contribution in [0.1, 0.15) is 33.6 Å². The van der Waals surface area contributed by atoms with E-state index < -0.39 is 58.0 Å². The van der Waals surface area contributed by atoms with Crippen molar-refractivity contribution in [2.24, 2.45) is 17.6 Å². The van der Waals surface area contributed by atoms with E-state index >= 15 is 0 Å². The van der Waals surface area contributed by atoms with E-state index in [0.717, 1.165) is 5.56 Å². The molecule has 7 N–H and O–H groups in total. The summed E-state index contributed by atoms with van der Waals surface area (Å²) in [6.07, 6.45) is 1.73. The Labute approximate surface area is 251 Å². The molecular formula is C32H30N4O8. The van der Waals surface area contributed by atoms with Crippen LogP contribution in [0.4, 0.5) is 0 Å². The molecule has 44 heavy (non-hydrogen) atoms. The Morgan fingerprint density at radius 2 is 1.86 bits per heavy atom. The summed E-state index contributed by atoms with van der Waals surface area (Å²) in [5, 5.41) is 51.6. The molecule has 2 aromatic carbocycles. The van der Waals surface area contributed by atoms with Gasteiger partial charge in [0, 0.05) is 24.1 Å². The summed E-state index contributed by atoms with van der Waals surface area (Å²) < 4.78 is 0. The molecule has 4 atom stereocenters. The standard InChI is InChI=1S/C32H30N4O8/c1-36(2)26-19-13-16-12-18-17(15-5-3-4-14(10-15)11-22(38)20-8-9-34-35-20)6-7-21(37)24(18)27(39)23(16)29(41)32(19,44)30(42)25(28(26)40)31(33)43/h3-10,16,19,26,37,39,42,44H,11-13H2,1-2H3,(H2,33,43)(H,34,35). The summed E-state index contributed by atoms with van der Waals surface area (Å²) in [5.74, 6) is -7.19. The van der Waals surface area contributed by atoms with Gasteiger partial charge in [-0.25, -0.2) is 0 Å². The largest absolute Gasteiger partial charge is 0.508 e. The molecule has 0 saturated heterocycles. The first-order valence-electron chi connectivity index (χ1n) is 14.0. The molecule has 3 aromatic rings. The Hall–Kier alpha value is -5.07. The summed E-state index contributed by atoms with van der Waals surface area (Å²) in [6.45, 7) is 0. The maximum absolute atomic E-state index is 14.0. The Balaban J connectivity index is 1.46. The number of nitrogens with zero attached hydrogens (tertiary/aromatic N) is 2. The second-order valence-electron chi connectivity index (χ2n) is 11.7. The molecule has 1 fully saturated rings. The van der Waals surface area contributed by atoms with E-state index in [1.54, 1.807) is 32.3 Å². The second kappa shape index (κ2) is 10.3. The van der Waals surface area contributed by atoms with Gasteiger partial charge in [0.25, 0.3) is 5.91 Å². The molecule has 226 valence electrons. The number of carbonyl (C=O) groups excluding carboxylic acids is 4. The van der Waals surface area contributed by atoms with Crippen molar-refractivity contribution in [3.63, 3.8) is 0 Å². The first kappa shape index (κ1) is 29.0. The van der Waals surface area contributed by atoms with Crippen molar-refractivity contribution in [2.45, 2.75) is 30.9 Å². The fourth-order valence-electron chi connectivity index (χ4n) is 7.06. The molecule has 3 aliphatic carbocycles. The van der Waals surface area contributed by atoms with Crippen LogP contribution in [0.15, 0.2) is 65.6 Å². The number of ketones is 3. The molecule has 12 nitrogen and oxygen atoms in total. The smallest absolute Gasteiger partial charge is 0.255 e. The third-order valence-corrected chi connectivity index (χ3v) is 9.01. The van der Waals surface area contributed by atoms with E-state index in [9.17, 15) is 39.6 Å². The fraction of sp³-hybridized carbons (Fsp3) is 0.281. The van der Waals surface area contributed by atoms with Crippen molar-refractivity contribution in [3.8, 4) is 16.9 Å². The lowest BCUT2D eigenvalue weighted by Gasteiger charge is -2.50. The van der Waals surface area contributed by atoms with Crippen molar-refractivity contribution in [3.05, 3.63) is 88.0 Å². The van der Waals surface area contributed by atoms with E-state index in [-0.39, 0.29) is 41.9 Å². The van der Waals surface area contributed by atoms with E-state index in [1.165, 1.54) is 17.2 Å². The number of benzene rings is 2. The number of aliphatic hydroxyl groups is 3. The molecule has 3 aliphatic rings. The van der Waals surface area contributed by atoms with Crippen molar-refractivity contribution >= 4 is 29.0 Å². The number of rotatable bonds is 6. The lowest BCUT2D eigenvalue weighted by atomic mass is 9.57. The summed E-state index contributed by atoms with van der Waals surface area (Å²) in [4.78, 5) is 53.6. The van der Waals surface area contributed by atoms with Crippen LogP contribution in [0.3, 0.4) is 0 Å². The number of nitrogens with two attached hydrogens (primary N) is 1. The Bertz CT molecular complexity index is 1820. The molecule has 0 radical (unpaired) electrons. The minimum Gasteiger partial charge on any atom is -0.508 e. The zero-order valence-electron chi connectivity index (χ0n) is 23.9. The number of phenols is 1. The van der Waals surface area contributed by atoms with Crippen LogP contribution in [-0.2, 0) is 27.2 Å². The first-order valence-corrected chi connectivity index (χ1v) is 14.0. The number of aromatic amines is 1. The van der Waals surface area contributed by atoms with Gasteiger partial charge in [-0.05, 0) is 67.2 Å². The fourth-order valence-corrected chi connectivity index (χ4v) is 7.06. The molecule has 6 rings (SSSR count). The molecule has 12 heteroatoms. The average molecular weight is 599 g/mol. The van der Waals surface area contributed by atoms with E-state index in [1.807, 2.05) is 18.2 Å². The predicted octanol–water partition coefficient (Wildman–Crippen LogP) is 1.78. The van der Waals surface area contributed by atoms with Crippen LogP contribution in [-0.4, -0.2) is 84.5 Å². The number of amides is 1. The Morgan fingerprint density at radius 1 is 1.11 bits per heavy atom. The monoisotopic (exact) mass is 598 g/mol. The lowest BCUT2D eigenvalue weighted by molar-refractivity contribution is -0.153. The Kier molecular flexibility index (Phi) is 6.78. The zero-order chi connectivity index (χ0) is 31.7. The number of aliphatic hydroxyl groups excluding tert-OH is 2. The van der Waals surface area contributed by atoms with E-state index in [0.29, 0.717) is 22.4 Å². The quantitative estimate of drug-likeness (QED) is 0.179. The van der Waals surface area contributed by atoms with Crippen molar-refractivity contribution < 1.29 is 39.6 Å². The normalized spacial score (nSPS) is 24.7. The molecule has 0 spiro atoms. The maximum atomic E-state index is 14.0. The minimum atomic E-state index is -2.70. The Morgan fingerprint density at radius 3 is 2.52 bits per heavy atom. The lowest BCUT2D eigenvalue weighted by Crippen LogP contribution is -2.65. The molecule has 1 saturated carbocycles. The van der Waals surface area contributed by atoms with Gasteiger partial charge < -0.3 is 26.2 Å². The third kappa shape index (κ3) is 4.17. The third-order valence-electron chi connectivity index (χ3n) is 9.01. The van der Waals surface area contributed by atoms with Crippen LogP contribution in [0, 0.1) is 11.8 Å². The summed E-state index contributed by atoms with van der Waals surface area (Å²) in [7, 11) is 3.10. The zero-order valence-corrected chi connectivity index (χ0v) is 23.9. The number of fused-ring (bicyclic) bond motifs is 3. The van der Waals surface area contributed by atoms with Gasteiger partial charge in [0.15, 0.2) is 17.2 Å². The minimum absolute atomic E-state index is 0.00210. The number of H-pyrrole nitrogens is 1. The van der Waals surface area contributed by atoms with E-state index in [2.05, 4.69) is 10.2 Å². The number of Topliss-reactive ketones (excluding diaryl/α,β-unsaturated/α-hetero) is 3. The highest BCUT2D eigenvalue weighted by Crippen LogP contribution is 2.53. The summed E-state index contributed by atoms with van der Waals surface area (Å²) in [6, 6.07) is 10.7. The number of hydrogen-bond acceptors (Lipinski definition) is 10. The molecular weight excluding hydrogens is 568 g/mol. The van der Waals surface area contributed by atoms with Gasteiger partial charge in [0.2, 0.25) is 5.78 Å².